The maximum Gasteiger partial charge on any atom is 0.125 e. The first-order valence-electron chi connectivity index (χ1n) is 5.12. The van der Waals surface area contributed by atoms with Crippen LogP contribution in [0.3, 0.4) is 0 Å². The summed E-state index contributed by atoms with van der Waals surface area (Å²) in [6.07, 6.45) is 1.69. The fourth-order valence-electron chi connectivity index (χ4n) is 1.72. The van der Waals surface area contributed by atoms with Crippen molar-refractivity contribution in [3.8, 4) is 0 Å². The van der Waals surface area contributed by atoms with Gasteiger partial charge in [-0.15, -0.1) is 11.6 Å². The molecular formula is C11H12Cl2N2OS. The molecule has 0 aliphatic heterocycles. The zero-order valence-electron chi connectivity index (χ0n) is 9.32. The van der Waals surface area contributed by atoms with Gasteiger partial charge in [-0.1, -0.05) is 22.8 Å². The predicted molar refractivity (Wildman–Crippen MR) is 73.2 cm³/mol. The van der Waals surface area contributed by atoms with Gasteiger partial charge in [0.15, 0.2) is 0 Å². The molecule has 0 N–H and O–H groups in total. The Morgan fingerprint density at radius 1 is 1.47 bits per heavy atom. The number of aromatic nitrogens is 2. The normalized spacial score (nSPS) is 13.2. The van der Waals surface area contributed by atoms with Crippen LogP contribution in [0.1, 0.15) is 5.82 Å². The summed E-state index contributed by atoms with van der Waals surface area (Å²) in [5, 5.41) is 0.655. The summed E-state index contributed by atoms with van der Waals surface area (Å²) >= 11 is 11.0. The monoisotopic (exact) mass is 290 g/mol. The number of nitrogens with zero attached hydrogens (tertiary/aromatic N) is 2. The minimum atomic E-state index is -0.826. The first-order valence-corrected chi connectivity index (χ1v) is 7.76. The molecule has 2 rings (SSSR count). The average Bonchev–Trinajstić information content (AvgIpc) is 2.63. The molecule has 1 aromatic carbocycles. The molecule has 92 valence electrons. The molecule has 0 radical (unpaired) electrons. The molecule has 0 aliphatic rings. The lowest BCUT2D eigenvalue weighted by molar-refractivity contribution is 0.593. The van der Waals surface area contributed by atoms with Crippen molar-refractivity contribution in [1.29, 1.82) is 0 Å². The third-order valence-electron chi connectivity index (χ3n) is 2.51. The lowest BCUT2D eigenvalue weighted by Crippen LogP contribution is -2.12. The van der Waals surface area contributed by atoms with Crippen LogP contribution in [0.15, 0.2) is 18.2 Å². The molecule has 1 aromatic heterocycles. The number of aryl methyl sites for hydroxylation is 1. The van der Waals surface area contributed by atoms with Gasteiger partial charge in [-0.2, -0.15) is 0 Å². The van der Waals surface area contributed by atoms with Crippen LogP contribution in [-0.4, -0.2) is 26.1 Å². The number of halogens is 2. The van der Waals surface area contributed by atoms with Crippen LogP contribution in [-0.2, 0) is 23.6 Å². The molecule has 1 unspecified atom stereocenters. The highest BCUT2D eigenvalue weighted by Crippen LogP contribution is 2.21. The van der Waals surface area contributed by atoms with Crippen LogP contribution >= 0.6 is 23.2 Å². The van der Waals surface area contributed by atoms with E-state index in [1.807, 2.05) is 22.8 Å². The Morgan fingerprint density at radius 3 is 2.88 bits per heavy atom. The first-order chi connectivity index (χ1) is 8.11. The van der Waals surface area contributed by atoms with Gasteiger partial charge in [0.2, 0.25) is 0 Å². The van der Waals surface area contributed by atoms with E-state index in [1.54, 1.807) is 6.26 Å². The van der Waals surface area contributed by atoms with Crippen molar-refractivity contribution >= 4 is 45.4 Å². The summed E-state index contributed by atoms with van der Waals surface area (Å²) < 4.78 is 13.2. The minimum Gasteiger partial charge on any atom is -0.617 e. The van der Waals surface area contributed by atoms with E-state index in [2.05, 4.69) is 4.98 Å². The van der Waals surface area contributed by atoms with E-state index >= 15 is 0 Å². The van der Waals surface area contributed by atoms with Crippen molar-refractivity contribution in [1.82, 2.24) is 9.55 Å². The fraction of sp³-hybridized carbons (Fsp3) is 0.364. The van der Waals surface area contributed by atoms with Gasteiger partial charge in [0.25, 0.3) is 0 Å². The maximum atomic E-state index is 11.2. The number of fused-ring (bicyclic) bond motifs is 1. The van der Waals surface area contributed by atoms with Crippen LogP contribution < -0.4 is 0 Å². The number of rotatable bonds is 4. The van der Waals surface area contributed by atoms with Crippen molar-refractivity contribution in [2.45, 2.75) is 12.4 Å². The average molecular weight is 291 g/mol. The molecule has 0 saturated carbocycles. The predicted octanol–water partition coefficient (Wildman–Crippen LogP) is 2.81. The van der Waals surface area contributed by atoms with Crippen molar-refractivity contribution in [2.24, 2.45) is 0 Å². The van der Waals surface area contributed by atoms with Crippen LogP contribution in [0, 0.1) is 0 Å². The fourth-order valence-corrected chi connectivity index (χ4v) is 2.53. The van der Waals surface area contributed by atoms with Gasteiger partial charge in [-0.25, -0.2) is 4.98 Å². The summed E-state index contributed by atoms with van der Waals surface area (Å²) in [7, 11) is 0. The van der Waals surface area contributed by atoms with Crippen molar-refractivity contribution in [3.63, 3.8) is 0 Å². The molecule has 0 amide bonds. The second kappa shape index (κ2) is 5.48. The summed E-state index contributed by atoms with van der Waals surface area (Å²) in [5.74, 6) is 1.72. The standard InChI is InChI=1S/C11H12Cl2N2OS/c1-17(16)5-4-15-10-3-2-8(13)6-9(10)14-11(15)7-12/h2-3,6H,4-5,7H2,1H3. The molecule has 2 aromatic rings. The molecule has 0 spiro atoms. The Kier molecular flexibility index (Phi) is 4.20. The summed E-state index contributed by atoms with van der Waals surface area (Å²) in [6.45, 7) is 0.656. The number of imidazole rings is 1. The van der Waals surface area contributed by atoms with Crippen molar-refractivity contribution in [2.75, 3.05) is 12.0 Å². The number of hydrogen-bond acceptors (Lipinski definition) is 2. The molecule has 1 heterocycles. The Bertz CT molecular complexity index is 527. The van der Waals surface area contributed by atoms with Gasteiger partial charge in [0.1, 0.15) is 11.6 Å². The molecule has 6 heteroatoms. The Labute approximate surface area is 113 Å². The van der Waals surface area contributed by atoms with Gasteiger partial charge in [0.05, 0.1) is 29.7 Å². The quantitative estimate of drug-likeness (QED) is 0.642. The minimum absolute atomic E-state index is 0.336. The molecule has 0 fully saturated rings. The zero-order valence-corrected chi connectivity index (χ0v) is 11.6. The highest BCUT2D eigenvalue weighted by molar-refractivity contribution is 7.90. The van der Waals surface area contributed by atoms with Crippen LogP contribution in [0.5, 0.6) is 0 Å². The molecule has 0 saturated heterocycles. The van der Waals surface area contributed by atoms with E-state index in [1.165, 1.54) is 0 Å². The molecule has 17 heavy (non-hydrogen) atoms. The van der Waals surface area contributed by atoms with Crippen LogP contribution in [0.25, 0.3) is 11.0 Å². The number of hydrogen-bond donors (Lipinski definition) is 0. The van der Waals surface area contributed by atoms with Crippen molar-refractivity contribution < 1.29 is 4.55 Å². The van der Waals surface area contributed by atoms with Crippen LogP contribution in [0.4, 0.5) is 0 Å². The second-order valence-corrected chi connectivity index (χ2v) is 5.98. The van der Waals surface area contributed by atoms with Gasteiger partial charge in [-0.05, 0) is 18.2 Å². The molecule has 1 atom stereocenters. The van der Waals surface area contributed by atoms with E-state index < -0.39 is 11.2 Å². The lowest BCUT2D eigenvalue weighted by Gasteiger charge is -2.08. The van der Waals surface area contributed by atoms with E-state index in [0.717, 1.165) is 16.9 Å². The van der Waals surface area contributed by atoms with Crippen LogP contribution in [0.2, 0.25) is 5.02 Å². The Hall–Kier alpha value is -0.420. The SMILES string of the molecule is C[S+]([O-])CCn1c(CCl)nc2cc(Cl)ccc21. The highest BCUT2D eigenvalue weighted by atomic mass is 35.5. The third-order valence-corrected chi connectivity index (χ3v) is 3.74. The summed E-state index contributed by atoms with van der Waals surface area (Å²) in [6, 6.07) is 5.55. The largest absolute Gasteiger partial charge is 0.617 e. The van der Waals surface area contributed by atoms with Crippen molar-refractivity contribution in [3.05, 3.63) is 29.0 Å². The van der Waals surface area contributed by atoms with Gasteiger partial charge in [0, 0.05) is 5.02 Å². The topological polar surface area (TPSA) is 40.9 Å². The molecule has 0 bridgehead atoms. The smallest absolute Gasteiger partial charge is 0.125 e. The lowest BCUT2D eigenvalue weighted by atomic mass is 10.3. The third kappa shape index (κ3) is 2.88. The molecule has 0 aliphatic carbocycles. The van der Waals surface area contributed by atoms with Gasteiger partial charge in [-0.3, -0.25) is 0 Å². The maximum absolute atomic E-state index is 11.2. The van der Waals surface area contributed by atoms with E-state index in [9.17, 15) is 4.55 Å². The van der Waals surface area contributed by atoms with E-state index in [4.69, 9.17) is 23.2 Å². The summed E-state index contributed by atoms with van der Waals surface area (Å²) in [4.78, 5) is 4.42. The zero-order chi connectivity index (χ0) is 12.4. The number of alkyl halides is 1. The number of benzene rings is 1. The second-order valence-electron chi connectivity index (χ2n) is 3.72. The Balaban J connectivity index is 2.43. The highest BCUT2D eigenvalue weighted by Gasteiger charge is 2.11. The van der Waals surface area contributed by atoms with E-state index in [0.29, 0.717) is 23.2 Å². The molecule has 3 nitrogen and oxygen atoms in total. The van der Waals surface area contributed by atoms with E-state index in [-0.39, 0.29) is 0 Å². The van der Waals surface area contributed by atoms with Gasteiger partial charge >= 0.3 is 0 Å². The first kappa shape index (κ1) is 13.0. The Morgan fingerprint density at radius 2 is 2.24 bits per heavy atom. The molecular weight excluding hydrogens is 279 g/mol. The summed E-state index contributed by atoms with van der Waals surface area (Å²) in [5.41, 5.74) is 1.81. The van der Waals surface area contributed by atoms with Gasteiger partial charge < -0.3 is 9.12 Å².